The largest absolute Gasteiger partial charge is 0.393 e. The van der Waals surface area contributed by atoms with Crippen LogP contribution in [0.2, 0.25) is 0 Å². The number of H-pyrrole nitrogens is 1. The molecule has 0 amide bonds. The quantitative estimate of drug-likeness (QED) is 0.325. The third kappa shape index (κ3) is 4.86. The zero-order valence-corrected chi connectivity index (χ0v) is 27.0. The molecule has 4 aliphatic rings. The lowest BCUT2D eigenvalue weighted by molar-refractivity contribution is -0.0962. The average Bonchev–Trinajstić information content (AvgIpc) is 3.50. The second-order valence-electron chi connectivity index (χ2n) is 15.4. The van der Waals surface area contributed by atoms with Gasteiger partial charge >= 0.3 is 0 Å². The van der Waals surface area contributed by atoms with E-state index in [0.717, 1.165) is 18.3 Å². The Morgan fingerprint density at radius 1 is 1.02 bits per heavy atom. The summed E-state index contributed by atoms with van der Waals surface area (Å²) in [5.41, 5.74) is 13.2. The van der Waals surface area contributed by atoms with E-state index in [2.05, 4.69) is 81.4 Å². The third-order valence-corrected chi connectivity index (χ3v) is 12.9. The van der Waals surface area contributed by atoms with Gasteiger partial charge in [-0.15, -0.1) is 0 Å². The predicted molar refractivity (Wildman–Crippen MR) is 169 cm³/mol. The molecule has 2 saturated carbocycles. The molecule has 226 valence electrons. The molecule has 0 aromatic carbocycles. The minimum absolute atomic E-state index is 0.0465. The minimum atomic E-state index is -0.130. The molecule has 6 rings (SSSR count). The summed E-state index contributed by atoms with van der Waals surface area (Å²) in [6, 6.07) is 0. The average molecular weight is 562 g/mol. The van der Waals surface area contributed by atoms with E-state index in [4.69, 9.17) is 5.73 Å². The molecule has 4 N–H and O–H groups in total. The first-order valence-electron chi connectivity index (χ1n) is 16.2. The number of aromatic nitrogens is 4. The molecular formula is C35H55N5O. The standard InChI is InChI=1S/C30H50O.C5H5N5/c1-20(2)10-9-11-21(3)22-14-18-30(8)24-12-13-25-27(4,5)26(31)16-17-28(25,6)23(24)15-19-29(22,30)7;6-4-3-5(9-1-7-3)10-2-8-4/h10,21-22,25-26,31H,9,11-19H2,1-8H3;1-2H,(H3,6,7,8,9,10). The van der Waals surface area contributed by atoms with Crippen molar-refractivity contribution in [3.05, 3.63) is 35.4 Å². The van der Waals surface area contributed by atoms with Gasteiger partial charge in [-0.1, -0.05) is 64.3 Å². The van der Waals surface area contributed by atoms with Crippen molar-refractivity contribution in [2.75, 3.05) is 5.73 Å². The van der Waals surface area contributed by atoms with E-state index in [1.807, 2.05) is 11.1 Å². The van der Waals surface area contributed by atoms with Gasteiger partial charge < -0.3 is 15.8 Å². The second-order valence-corrected chi connectivity index (χ2v) is 15.4. The number of anilines is 1. The number of nitrogen functional groups attached to an aromatic ring is 1. The monoisotopic (exact) mass is 561 g/mol. The Morgan fingerprint density at radius 2 is 1.78 bits per heavy atom. The first kappa shape index (κ1) is 30.3. The molecule has 0 bridgehead atoms. The molecule has 7 unspecified atom stereocenters. The van der Waals surface area contributed by atoms with Gasteiger partial charge in [0.25, 0.3) is 0 Å². The van der Waals surface area contributed by atoms with E-state index < -0.39 is 0 Å². The van der Waals surface area contributed by atoms with Crippen LogP contribution in [0.3, 0.4) is 0 Å². The van der Waals surface area contributed by atoms with Crippen LogP contribution in [-0.2, 0) is 0 Å². The van der Waals surface area contributed by atoms with Gasteiger partial charge in [0.15, 0.2) is 11.5 Å². The van der Waals surface area contributed by atoms with Crippen LogP contribution in [-0.4, -0.2) is 31.1 Å². The molecule has 0 saturated heterocycles. The summed E-state index contributed by atoms with van der Waals surface area (Å²) in [5, 5.41) is 10.8. The van der Waals surface area contributed by atoms with E-state index in [9.17, 15) is 5.11 Å². The second kappa shape index (κ2) is 10.8. The van der Waals surface area contributed by atoms with Gasteiger partial charge in [0.05, 0.1) is 12.4 Å². The van der Waals surface area contributed by atoms with Crippen LogP contribution in [0.5, 0.6) is 0 Å². The van der Waals surface area contributed by atoms with Gasteiger partial charge in [0.2, 0.25) is 0 Å². The number of nitrogens with zero attached hydrogens (tertiary/aromatic N) is 3. The van der Waals surface area contributed by atoms with Crippen LogP contribution < -0.4 is 5.73 Å². The Morgan fingerprint density at radius 3 is 2.49 bits per heavy atom. The van der Waals surface area contributed by atoms with Crippen molar-refractivity contribution in [3.63, 3.8) is 0 Å². The molecule has 7 atom stereocenters. The number of aliphatic hydroxyl groups is 1. The molecule has 2 aromatic heterocycles. The highest BCUT2D eigenvalue weighted by atomic mass is 16.3. The molecular weight excluding hydrogens is 506 g/mol. The van der Waals surface area contributed by atoms with Crippen molar-refractivity contribution in [1.82, 2.24) is 19.9 Å². The summed E-state index contributed by atoms with van der Waals surface area (Å²) in [5.74, 6) is 2.76. The Labute approximate surface area is 248 Å². The fourth-order valence-electron chi connectivity index (χ4n) is 10.2. The van der Waals surface area contributed by atoms with Crippen LogP contribution in [0.15, 0.2) is 35.4 Å². The van der Waals surface area contributed by atoms with E-state index >= 15 is 0 Å². The molecule has 0 aliphatic heterocycles. The lowest BCUT2D eigenvalue weighted by Gasteiger charge is -2.62. The maximum atomic E-state index is 10.8. The van der Waals surface area contributed by atoms with Crippen LogP contribution in [0.25, 0.3) is 11.2 Å². The van der Waals surface area contributed by atoms with Gasteiger partial charge in [0, 0.05) is 0 Å². The Hall–Kier alpha value is -2.21. The summed E-state index contributed by atoms with van der Waals surface area (Å²) < 4.78 is 0. The zero-order valence-electron chi connectivity index (χ0n) is 27.0. The predicted octanol–water partition coefficient (Wildman–Crippen LogP) is 8.41. The number of nitrogens with one attached hydrogen (secondary N) is 1. The number of rotatable bonds is 4. The maximum Gasteiger partial charge on any atom is 0.182 e. The van der Waals surface area contributed by atoms with Crippen molar-refractivity contribution in [2.45, 2.75) is 126 Å². The van der Waals surface area contributed by atoms with Crippen molar-refractivity contribution in [1.29, 1.82) is 0 Å². The lowest BCUT2D eigenvalue weighted by atomic mass is 9.43. The number of aromatic amines is 1. The third-order valence-electron chi connectivity index (χ3n) is 12.9. The number of fused-ring (bicyclic) bond motifs is 5. The van der Waals surface area contributed by atoms with Gasteiger partial charge in [-0.25, -0.2) is 15.0 Å². The minimum Gasteiger partial charge on any atom is -0.393 e. The summed E-state index contributed by atoms with van der Waals surface area (Å²) in [4.78, 5) is 14.4. The molecule has 2 fully saturated rings. The number of allylic oxidation sites excluding steroid dienone is 4. The van der Waals surface area contributed by atoms with E-state index in [-0.39, 0.29) is 11.5 Å². The van der Waals surface area contributed by atoms with Crippen LogP contribution in [0.4, 0.5) is 5.82 Å². The number of imidazole rings is 1. The fourth-order valence-corrected chi connectivity index (χ4v) is 10.2. The van der Waals surface area contributed by atoms with Gasteiger partial charge in [-0.05, 0) is 117 Å². The molecule has 4 aliphatic carbocycles. The van der Waals surface area contributed by atoms with Gasteiger partial charge in [-0.3, -0.25) is 0 Å². The number of aliphatic hydroxyl groups excluding tert-OH is 1. The smallest absolute Gasteiger partial charge is 0.182 e. The van der Waals surface area contributed by atoms with Crippen LogP contribution >= 0.6 is 0 Å². The highest BCUT2D eigenvalue weighted by Gasteiger charge is 2.63. The highest BCUT2D eigenvalue weighted by Crippen LogP contribution is 2.72. The number of nitrogens with two attached hydrogens (primary N) is 1. The fraction of sp³-hybridized carbons (Fsp3) is 0.743. The molecule has 2 aromatic rings. The van der Waals surface area contributed by atoms with E-state index in [1.54, 1.807) is 0 Å². The SMILES string of the molecule is CC(C)=CCCC(C)C1CCC2(C)C3=C(CCC12C)C1(C)CCC(O)C(C)(C)C1CC3.Nc1ncnc2nc[nH]c12. The molecule has 0 spiro atoms. The number of hydrogen-bond donors (Lipinski definition) is 3. The van der Waals surface area contributed by atoms with Gasteiger partial charge in [-0.2, -0.15) is 0 Å². The van der Waals surface area contributed by atoms with Crippen LogP contribution in [0.1, 0.15) is 120 Å². The van der Waals surface area contributed by atoms with Crippen molar-refractivity contribution in [2.24, 2.45) is 39.4 Å². The Bertz CT molecular complexity index is 1320. The first-order chi connectivity index (χ1) is 19.3. The maximum absolute atomic E-state index is 10.8. The number of hydrogen-bond acceptors (Lipinski definition) is 5. The van der Waals surface area contributed by atoms with Crippen molar-refractivity contribution in [3.8, 4) is 0 Å². The van der Waals surface area contributed by atoms with Gasteiger partial charge in [0.1, 0.15) is 11.8 Å². The summed E-state index contributed by atoms with van der Waals surface area (Å²) in [6.07, 6.45) is 18.1. The summed E-state index contributed by atoms with van der Waals surface area (Å²) in [7, 11) is 0. The first-order valence-corrected chi connectivity index (χ1v) is 16.2. The molecule has 0 radical (unpaired) electrons. The van der Waals surface area contributed by atoms with E-state index in [1.165, 1.54) is 76.0 Å². The highest BCUT2D eigenvalue weighted by molar-refractivity contribution is 5.80. The van der Waals surface area contributed by atoms with Crippen molar-refractivity contribution >= 4 is 17.0 Å². The lowest BCUT2D eigenvalue weighted by Crippen LogP contribution is -2.55. The Kier molecular flexibility index (Phi) is 7.98. The Balaban J connectivity index is 0.000000282. The van der Waals surface area contributed by atoms with Crippen molar-refractivity contribution < 1.29 is 5.11 Å². The molecule has 6 nitrogen and oxygen atoms in total. The normalized spacial score (nSPS) is 36.5. The summed E-state index contributed by atoms with van der Waals surface area (Å²) in [6.45, 7) is 19.6. The summed E-state index contributed by atoms with van der Waals surface area (Å²) >= 11 is 0. The van der Waals surface area contributed by atoms with E-state index in [0.29, 0.717) is 39.1 Å². The topological polar surface area (TPSA) is 101 Å². The molecule has 2 heterocycles. The molecule has 41 heavy (non-hydrogen) atoms. The zero-order chi connectivity index (χ0) is 29.8. The van der Waals surface area contributed by atoms with Crippen LogP contribution in [0, 0.1) is 39.4 Å². The molecule has 6 heteroatoms.